The van der Waals surface area contributed by atoms with E-state index in [0.29, 0.717) is 12.8 Å². The number of rotatable bonds is 1. The molecule has 2 unspecified atom stereocenters. The highest BCUT2D eigenvalue weighted by Crippen LogP contribution is 2.51. The zero-order valence-corrected chi connectivity index (χ0v) is 11.6. The molecule has 0 aromatic heterocycles. The Labute approximate surface area is 104 Å². The van der Waals surface area contributed by atoms with Gasteiger partial charge < -0.3 is 10.1 Å². The molecular weight excluding hydrogens is 217 g/mol. The molecule has 2 saturated heterocycles. The van der Waals surface area contributed by atoms with Crippen molar-refractivity contribution in [3.05, 3.63) is 0 Å². The molecule has 0 saturated carbocycles. The van der Waals surface area contributed by atoms with Gasteiger partial charge in [0.1, 0.15) is 5.67 Å². The van der Waals surface area contributed by atoms with E-state index in [-0.39, 0.29) is 17.1 Å². The molecule has 2 nitrogen and oxygen atoms in total. The predicted octanol–water partition coefficient (Wildman–Crippen LogP) is 3.06. The van der Waals surface area contributed by atoms with Crippen LogP contribution in [0, 0.1) is 5.92 Å². The Balaban J connectivity index is 2.20. The molecule has 0 bridgehead atoms. The molecule has 0 aliphatic carbocycles. The van der Waals surface area contributed by atoms with Crippen molar-refractivity contribution in [2.75, 3.05) is 13.1 Å². The molecular formula is C14H26FNO. The molecule has 2 aliphatic heterocycles. The van der Waals surface area contributed by atoms with Gasteiger partial charge in [0.15, 0.2) is 0 Å². The Morgan fingerprint density at radius 2 is 1.82 bits per heavy atom. The lowest BCUT2D eigenvalue weighted by Crippen LogP contribution is -2.44. The number of ether oxygens (including phenoxy) is 1. The number of hydrogen-bond acceptors (Lipinski definition) is 2. The van der Waals surface area contributed by atoms with E-state index < -0.39 is 5.67 Å². The molecule has 0 radical (unpaired) electrons. The SMILES string of the molecule is CC1(C)CC(C2(F)CCCNCC2)C(C)(C)O1. The molecule has 2 rings (SSSR count). The van der Waals surface area contributed by atoms with E-state index in [1.807, 2.05) is 13.8 Å². The molecule has 2 heterocycles. The summed E-state index contributed by atoms with van der Waals surface area (Å²) in [6, 6.07) is 0. The highest BCUT2D eigenvalue weighted by molar-refractivity contribution is 5.04. The number of nitrogens with one attached hydrogen (secondary N) is 1. The fourth-order valence-electron chi connectivity index (χ4n) is 3.77. The maximum Gasteiger partial charge on any atom is 0.118 e. The van der Waals surface area contributed by atoms with Crippen LogP contribution in [0.4, 0.5) is 4.39 Å². The average molecular weight is 243 g/mol. The van der Waals surface area contributed by atoms with Crippen LogP contribution in [0.25, 0.3) is 0 Å². The molecule has 17 heavy (non-hydrogen) atoms. The van der Waals surface area contributed by atoms with Gasteiger partial charge in [-0.15, -0.1) is 0 Å². The lowest BCUT2D eigenvalue weighted by molar-refractivity contribution is -0.0960. The van der Waals surface area contributed by atoms with Crippen molar-refractivity contribution in [2.24, 2.45) is 5.92 Å². The Morgan fingerprint density at radius 1 is 1.12 bits per heavy atom. The van der Waals surface area contributed by atoms with Gasteiger partial charge in [-0.1, -0.05) is 0 Å². The second kappa shape index (κ2) is 4.20. The second-order valence-corrected chi connectivity index (χ2v) is 6.86. The van der Waals surface area contributed by atoms with Gasteiger partial charge >= 0.3 is 0 Å². The third-order valence-electron chi connectivity index (χ3n) is 4.36. The van der Waals surface area contributed by atoms with Crippen LogP contribution in [0.2, 0.25) is 0 Å². The number of hydrogen-bond donors (Lipinski definition) is 1. The van der Waals surface area contributed by atoms with Crippen molar-refractivity contribution >= 4 is 0 Å². The van der Waals surface area contributed by atoms with Crippen LogP contribution >= 0.6 is 0 Å². The van der Waals surface area contributed by atoms with Gasteiger partial charge in [-0.2, -0.15) is 0 Å². The van der Waals surface area contributed by atoms with E-state index in [4.69, 9.17) is 4.74 Å². The molecule has 0 amide bonds. The summed E-state index contributed by atoms with van der Waals surface area (Å²) in [4.78, 5) is 0. The molecule has 3 heteroatoms. The Kier molecular flexibility index (Phi) is 3.28. The molecule has 0 spiro atoms. The first kappa shape index (κ1) is 13.3. The summed E-state index contributed by atoms with van der Waals surface area (Å²) in [6.07, 6.45) is 3.06. The van der Waals surface area contributed by atoms with E-state index in [1.165, 1.54) is 0 Å². The minimum atomic E-state index is -1.05. The van der Waals surface area contributed by atoms with E-state index in [9.17, 15) is 0 Å². The predicted molar refractivity (Wildman–Crippen MR) is 67.9 cm³/mol. The second-order valence-electron chi connectivity index (χ2n) is 6.86. The fourth-order valence-corrected chi connectivity index (χ4v) is 3.77. The van der Waals surface area contributed by atoms with Crippen molar-refractivity contribution in [1.29, 1.82) is 0 Å². The minimum absolute atomic E-state index is 0.0184. The average Bonchev–Trinajstić information content (AvgIpc) is 2.37. The summed E-state index contributed by atoms with van der Waals surface area (Å²) >= 11 is 0. The minimum Gasteiger partial charge on any atom is -0.369 e. The van der Waals surface area contributed by atoms with Gasteiger partial charge in [-0.25, -0.2) is 4.39 Å². The molecule has 2 atom stereocenters. The summed E-state index contributed by atoms with van der Waals surface area (Å²) in [5, 5.41) is 3.29. The summed E-state index contributed by atoms with van der Waals surface area (Å²) in [6.45, 7) is 9.99. The van der Waals surface area contributed by atoms with Crippen LogP contribution in [-0.4, -0.2) is 30.0 Å². The van der Waals surface area contributed by atoms with E-state index in [0.717, 1.165) is 25.9 Å². The van der Waals surface area contributed by atoms with Crippen LogP contribution < -0.4 is 5.32 Å². The molecule has 2 fully saturated rings. The highest BCUT2D eigenvalue weighted by atomic mass is 19.1. The van der Waals surface area contributed by atoms with Crippen molar-refractivity contribution < 1.29 is 9.13 Å². The van der Waals surface area contributed by atoms with Crippen molar-refractivity contribution in [2.45, 2.75) is 70.2 Å². The monoisotopic (exact) mass is 243 g/mol. The Hall–Kier alpha value is -0.150. The third kappa shape index (κ3) is 2.65. The first-order chi connectivity index (χ1) is 7.75. The highest BCUT2D eigenvalue weighted by Gasteiger charge is 2.55. The fraction of sp³-hybridized carbons (Fsp3) is 1.00. The van der Waals surface area contributed by atoms with Gasteiger partial charge in [0, 0.05) is 5.92 Å². The molecule has 0 aromatic carbocycles. The van der Waals surface area contributed by atoms with Gasteiger partial charge in [-0.05, 0) is 66.5 Å². The van der Waals surface area contributed by atoms with Crippen molar-refractivity contribution in [1.82, 2.24) is 5.32 Å². The number of halogens is 1. The molecule has 0 aromatic rings. The topological polar surface area (TPSA) is 21.3 Å². The maximum atomic E-state index is 15.3. The number of alkyl halides is 1. The lowest BCUT2D eigenvalue weighted by Gasteiger charge is -2.37. The summed E-state index contributed by atoms with van der Waals surface area (Å²) in [5.41, 5.74) is -1.59. The first-order valence-corrected chi connectivity index (χ1v) is 6.85. The van der Waals surface area contributed by atoms with Gasteiger partial charge in [0.05, 0.1) is 11.2 Å². The van der Waals surface area contributed by atoms with Gasteiger partial charge in [0.2, 0.25) is 0 Å². The van der Waals surface area contributed by atoms with Crippen LogP contribution in [0.15, 0.2) is 0 Å². The third-order valence-corrected chi connectivity index (χ3v) is 4.36. The molecule has 2 aliphatic rings. The summed E-state index contributed by atoms with van der Waals surface area (Å²) in [5.74, 6) is 0.0184. The first-order valence-electron chi connectivity index (χ1n) is 6.85. The van der Waals surface area contributed by atoms with Gasteiger partial charge in [0.25, 0.3) is 0 Å². The Bertz CT molecular complexity index is 280. The smallest absolute Gasteiger partial charge is 0.118 e. The standard InChI is InChI=1S/C14H26FNO/c1-12(2)10-11(13(3,4)17-12)14(15)6-5-8-16-9-7-14/h11,16H,5-10H2,1-4H3. The zero-order valence-electron chi connectivity index (χ0n) is 11.6. The van der Waals surface area contributed by atoms with Crippen LogP contribution in [-0.2, 0) is 4.74 Å². The largest absolute Gasteiger partial charge is 0.369 e. The van der Waals surface area contributed by atoms with Crippen LogP contribution in [0.3, 0.4) is 0 Å². The van der Waals surface area contributed by atoms with Gasteiger partial charge in [-0.3, -0.25) is 0 Å². The summed E-state index contributed by atoms with van der Waals surface area (Å²) < 4.78 is 21.3. The Morgan fingerprint density at radius 3 is 2.41 bits per heavy atom. The van der Waals surface area contributed by atoms with Crippen LogP contribution in [0.5, 0.6) is 0 Å². The van der Waals surface area contributed by atoms with Crippen molar-refractivity contribution in [3.8, 4) is 0 Å². The lowest BCUT2D eigenvalue weighted by atomic mass is 9.72. The van der Waals surface area contributed by atoms with Crippen molar-refractivity contribution in [3.63, 3.8) is 0 Å². The quantitative estimate of drug-likeness (QED) is 0.764. The normalized spacial score (nSPS) is 41.1. The molecule has 100 valence electrons. The zero-order chi connectivity index (χ0) is 12.7. The maximum absolute atomic E-state index is 15.3. The van der Waals surface area contributed by atoms with E-state index >= 15 is 4.39 Å². The summed E-state index contributed by atoms with van der Waals surface area (Å²) in [7, 11) is 0. The van der Waals surface area contributed by atoms with E-state index in [2.05, 4.69) is 19.2 Å². The van der Waals surface area contributed by atoms with E-state index in [1.54, 1.807) is 0 Å². The van der Waals surface area contributed by atoms with Crippen LogP contribution in [0.1, 0.15) is 53.4 Å². The molecule has 1 N–H and O–H groups in total.